The fraction of sp³-hybridized carbons (Fsp3) is 0.438. The number of nitrogens with two attached hydrogens (primary N) is 1. The van der Waals surface area contributed by atoms with Crippen LogP contribution in [0, 0.1) is 6.92 Å². The molecule has 1 aromatic carbocycles. The highest BCUT2D eigenvalue weighted by Crippen LogP contribution is 2.29. The summed E-state index contributed by atoms with van der Waals surface area (Å²) < 4.78 is 7.11. The number of rotatable bonds is 5. The van der Waals surface area contributed by atoms with Crippen molar-refractivity contribution in [1.29, 1.82) is 0 Å². The molecule has 1 aromatic heterocycles. The standard InChI is InChI=1S/C16H22ClN3O/c1-5-20-14(15(17)11(2)19-20)10-16(3,18)12-6-8-13(21-4)9-7-12/h6-9H,5,10,18H2,1-4H3. The summed E-state index contributed by atoms with van der Waals surface area (Å²) in [7, 11) is 1.65. The van der Waals surface area contributed by atoms with Crippen LogP contribution < -0.4 is 10.5 Å². The molecular formula is C16H22ClN3O. The van der Waals surface area contributed by atoms with Gasteiger partial charge in [-0.3, -0.25) is 4.68 Å². The van der Waals surface area contributed by atoms with Gasteiger partial charge in [-0.1, -0.05) is 23.7 Å². The number of halogens is 1. The molecule has 0 saturated heterocycles. The maximum absolute atomic E-state index is 6.52. The largest absolute Gasteiger partial charge is 0.497 e. The van der Waals surface area contributed by atoms with Crippen LogP contribution in [0.25, 0.3) is 0 Å². The van der Waals surface area contributed by atoms with Crippen molar-refractivity contribution in [2.24, 2.45) is 5.73 Å². The molecule has 4 nitrogen and oxygen atoms in total. The van der Waals surface area contributed by atoms with Crippen molar-refractivity contribution >= 4 is 11.6 Å². The summed E-state index contributed by atoms with van der Waals surface area (Å²) in [6.45, 7) is 6.75. The van der Waals surface area contributed by atoms with Gasteiger partial charge in [0.1, 0.15) is 5.75 Å². The molecule has 21 heavy (non-hydrogen) atoms. The Morgan fingerprint density at radius 1 is 1.33 bits per heavy atom. The highest BCUT2D eigenvalue weighted by atomic mass is 35.5. The molecule has 0 aliphatic heterocycles. The predicted molar refractivity (Wildman–Crippen MR) is 85.9 cm³/mol. The van der Waals surface area contributed by atoms with Gasteiger partial charge in [0.25, 0.3) is 0 Å². The van der Waals surface area contributed by atoms with Gasteiger partial charge in [-0.2, -0.15) is 5.10 Å². The highest BCUT2D eigenvalue weighted by Gasteiger charge is 2.26. The van der Waals surface area contributed by atoms with Gasteiger partial charge in [0, 0.05) is 18.5 Å². The number of aryl methyl sites for hydroxylation is 2. The molecule has 0 aliphatic rings. The molecule has 0 spiro atoms. The fourth-order valence-corrected chi connectivity index (χ4v) is 2.66. The quantitative estimate of drug-likeness (QED) is 0.922. The summed E-state index contributed by atoms with van der Waals surface area (Å²) in [5.74, 6) is 0.821. The number of ether oxygens (including phenoxy) is 1. The van der Waals surface area contributed by atoms with Gasteiger partial charge < -0.3 is 10.5 Å². The van der Waals surface area contributed by atoms with Crippen LogP contribution in [-0.2, 0) is 18.5 Å². The Bertz CT molecular complexity index is 617. The summed E-state index contributed by atoms with van der Waals surface area (Å²) >= 11 is 6.37. The Morgan fingerprint density at radius 3 is 2.48 bits per heavy atom. The van der Waals surface area contributed by atoms with Crippen molar-refractivity contribution < 1.29 is 4.74 Å². The van der Waals surface area contributed by atoms with Gasteiger partial charge in [-0.15, -0.1) is 0 Å². The van der Waals surface area contributed by atoms with Gasteiger partial charge in [-0.05, 0) is 38.5 Å². The number of aromatic nitrogens is 2. The second-order valence-corrected chi connectivity index (χ2v) is 5.86. The monoisotopic (exact) mass is 307 g/mol. The van der Waals surface area contributed by atoms with Crippen molar-refractivity contribution in [3.8, 4) is 5.75 Å². The zero-order valence-electron chi connectivity index (χ0n) is 13.0. The zero-order chi connectivity index (χ0) is 15.6. The molecule has 2 aromatic rings. The third kappa shape index (κ3) is 3.22. The van der Waals surface area contributed by atoms with Crippen LogP contribution in [-0.4, -0.2) is 16.9 Å². The third-order valence-corrected chi connectivity index (χ3v) is 4.23. The Balaban J connectivity index is 2.32. The molecule has 0 aliphatic carbocycles. The van der Waals surface area contributed by atoms with Gasteiger partial charge in [-0.25, -0.2) is 0 Å². The normalized spacial score (nSPS) is 14.0. The summed E-state index contributed by atoms with van der Waals surface area (Å²) in [5, 5.41) is 5.15. The third-order valence-electron chi connectivity index (χ3n) is 3.74. The molecule has 0 radical (unpaired) electrons. The first-order valence-electron chi connectivity index (χ1n) is 7.04. The lowest BCUT2D eigenvalue weighted by Crippen LogP contribution is -2.36. The molecule has 114 valence electrons. The topological polar surface area (TPSA) is 53.1 Å². The van der Waals surface area contributed by atoms with E-state index < -0.39 is 5.54 Å². The van der Waals surface area contributed by atoms with Crippen molar-refractivity contribution in [3.63, 3.8) is 0 Å². The van der Waals surface area contributed by atoms with Crippen LogP contribution in [0.2, 0.25) is 5.02 Å². The lowest BCUT2D eigenvalue weighted by atomic mass is 9.88. The Hall–Kier alpha value is -1.52. The first kappa shape index (κ1) is 15.9. The predicted octanol–water partition coefficient (Wildman–Crippen LogP) is 3.29. The van der Waals surface area contributed by atoms with Crippen LogP contribution in [0.15, 0.2) is 24.3 Å². The Labute approximate surface area is 130 Å². The van der Waals surface area contributed by atoms with E-state index in [1.54, 1.807) is 7.11 Å². The molecule has 0 bridgehead atoms. The minimum absolute atomic E-state index is 0.519. The summed E-state index contributed by atoms with van der Waals surface area (Å²) in [6.07, 6.45) is 0.632. The molecule has 2 N–H and O–H groups in total. The summed E-state index contributed by atoms with van der Waals surface area (Å²) in [4.78, 5) is 0. The van der Waals surface area contributed by atoms with E-state index in [1.165, 1.54) is 0 Å². The SMILES string of the molecule is CCn1nc(C)c(Cl)c1CC(C)(N)c1ccc(OC)cc1. The maximum atomic E-state index is 6.52. The van der Waals surface area contributed by atoms with Gasteiger partial charge in [0.15, 0.2) is 0 Å². The lowest BCUT2D eigenvalue weighted by Gasteiger charge is -2.26. The maximum Gasteiger partial charge on any atom is 0.118 e. The average Bonchev–Trinajstić information content (AvgIpc) is 2.74. The lowest BCUT2D eigenvalue weighted by molar-refractivity contribution is 0.413. The number of benzene rings is 1. The molecular weight excluding hydrogens is 286 g/mol. The fourth-order valence-electron chi connectivity index (χ4n) is 2.46. The number of methoxy groups -OCH3 is 1. The summed E-state index contributed by atoms with van der Waals surface area (Å²) in [6, 6.07) is 7.83. The summed E-state index contributed by atoms with van der Waals surface area (Å²) in [5.41, 5.74) is 8.88. The van der Waals surface area contributed by atoms with E-state index in [0.29, 0.717) is 11.4 Å². The van der Waals surface area contributed by atoms with E-state index in [1.807, 2.05) is 49.7 Å². The van der Waals surface area contributed by atoms with E-state index in [9.17, 15) is 0 Å². The highest BCUT2D eigenvalue weighted by molar-refractivity contribution is 6.31. The first-order chi connectivity index (χ1) is 9.89. The second kappa shape index (κ2) is 6.08. The molecule has 1 unspecified atom stereocenters. The van der Waals surface area contributed by atoms with Crippen LogP contribution in [0.5, 0.6) is 5.75 Å². The van der Waals surface area contributed by atoms with Crippen LogP contribution in [0.4, 0.5) is 0 Å². The van der Waals surface area contributed by atoms with E-state index >= 15 is 0 Å². The molecule has 0 amide bonds. The Kier molecular flexibility index (Phi) is 4.59. The van der Waals surface area contributed by atoms with E-state index in [2.05, 4.69) is 5.10 Å². The van der Waals surface area contributed by atoms with E-state index in [0.717, 1.165) is 29.2 Å². The minimum Gasteiger partial charge on any atom is -0.497 e. The van der Waals surface area contributed by atoms with Gasteiger partial charge >= 0.3 is 0 Å². The van der Waals surface area contributed by atoms with Gasteiger partial charge in [0.05, 0.1) is 23.5 Å². The first-order valence-corrected chi connectivity index (χ1v) is 7.42. The van der Waals surface area contributed by atoms with Crippen LogP contribution >= 0.6 is 11.6 Å². The van der Waals surface area contributed by atoms with Gasteiger partial charge in [0.2, 0.25) is 0 Å². The van der Waals surface area contributed by atoms with Crippen molar-refractivity contribution in [3.05, 3.63) is 46.2 Å². The van der Waals surface area contributed by atoms with E-state index in [-0.39, 0.29) is 0 Å². The molecule has 5 heteroatoms. The van der Waals surface area contributed by atoms with Crippen LogP contribution in [0.1, 0.15) is 30.8 Å². The number of hydrogen-bond donors (Lipinski definition) is 1. The van der Waals surface area contributed by atoms with Crippen molar-refractivity contribution in [2.75, 3.05) is 7.11 Å². The Morgan fingerprint density at radius 2 is 1.95 bits per heavy atom. The number of hydrogen-bond acceptors (Lipinski definition) is 3. The minimum atomic E-state index is -0.519. The molecule has 2 rings (SSSR count). The molecule has 0 saturated carbocycles. The zero-order valence-corrected chi connectivity index (χ0v) is 13.7. The van der Waals surface area contributed by atoms with E-state index in [4.69, 9.17) is 22.1 Å². The smallest absolute Gasteiger partial charge is 0.118 e. The van der Waals surface area contributed by atoms with Crippen LogP contribution in [0.3, 0.4) is 0 Å². The molecule has 1 atom stereocenters. The van der Waals surface area contributed by atoms with Crippen molar-refractivity contribution in [1.82, 2.24) is 9.78 Å². The molecule has 1 heterocycles. The second-order valence-electron chi connectivity index (χ2n) is 5.48. The number of nitrogens with zero attached hydrogens (tertiary/aromatic N) is 2. The van der Waals surface area contributed by atoms with Crippen molar-refractivity contribution in [2.45, 2.75) is 39.3 Å². The molecule has 0 fully saturated rings. The average molecular weight is 308 g/mol.